The number of rotatable bonds is 5. The van der Waals surface area contributed by atoms with Gasteiger partial charge in [0.25, 0.3) is 0 Å². The number of benzene rings is 1. The van der Waals surface area contributed by atoms with Gasteiger partial charge in [-0.3, -0.25) is 9.69 Å². The van der Waals surface area contributed by atoms with Crippen LogP contribution < -0.4 is 10.2 Å². The predicted molar refractivity (Wildman–Crippen MR) is 92.9 cm³/mol. The molecule has 1 saturated heterocycles. The van der Waals surface area contributed by atoms with Crippen molar-refractivity contribution in [2.75, 3.05) is 37.6 Å². The van der Waals surface area contributed by atoms with Crippen LogP contribution in [0, 0.1) is 0 Å². The summed E-state index contributed by atoms with van der Waals surface area (Å²) >= 11 is 1.65. The fraction of sp³-hybridized carbons (Fsp3) is 0.353. The second-order valence-corrected chi connectivity index (χ2v) is 6.64. The molecule has 0 atom stereocenters. The summed E-state index contributed by atoms with van der Waals surface area (Å²) in [5.74, 6) is 0.379. The van der Waals surface area contributed by atoms with Crippen LogP contribution in [0.1, 0.15) is 4.88 Å². The maximum atomic E-state index is 12.0. The molecular weight excluding hydrogens is 310 g/mol. The zero-order chi connectivity index (χ0) is 16.1. The third kappa shape index (κ3) is 4.24. The van der Waals surface area contributed by atoms with Gasteiger partial charge in [-0.15, -0.1) is 11.3 Å². The monoisotopic (exact) mass is 331 g/mol. The van der Waals surface area contributed by atoms with Crippen LogP contribution in [0.2, 0.25) is 0 Å². The van der Waals surface area contributed by atoms with E-state index in [4.69, 9.17) is 0 Å². The molecule has 23 heavy (non-hydrogen) atoms. The SMILES string of the molecule is O=C(CN1CCN(c2ccccc2O)CC1)NCc1cccs1. The molecule has 0 bridgehead atoms. The van der Waals surface area contributed by atoms with Crippen LogP contribution in [0.25, 0.3) is 0 Å². The van der Waals surface area contributed by atoms with E-state index in [1.807, 2.05) is 35.7 Å². The Kier molecular flexibility index (Phi) is 5.15. The molecule has 2 heterocycles. The van der Waals surface area contributed by atoms with Gasteiger partial charge < -0.3 is 15.3 Å². The summed E-state index contributed by atoms with van der Waals surface area (Å²) in [5, 5.41) is 14.9. The Hall–Kier alpha value is -2.05. The second kappa shape index (κ2) is 7.48. The number of thiophene rings is 1. The van der Waals surface area contributed by atoms with Crippen molar-refractivity contribution in [3.8, 4) is 5.75 Å². The van der Waals surface area contributed by atoms with Crippen molar-refractivity contribution in [3.63, 3.8) is 0 Å². The largest absolute Gasteiger partial charge is 0.506 e. The standard InChI is InChI=1S/C17H21N3O2S/c21-16-6-2-1-5-15(16)20-9-7-19(8-10-20)13-17(22)18-12-14-4-3-11-23-14/h1-6,11,21H,7-10,12-13H2,(H,18,22). The number of hydrogen-bond acceptors (Lipinski definition) is 5. The highest BCUT2D eigenvalue weighted by molar-refractivity contribution is 7.09. The molecule has 1 aromatic carbocycles. The zero-order valence-electron chi connectivity index (χ0n) is 12.9. The highest BCUT2D eigenvalue weighted by Gasteiger charge is 2.20. The number of phenolic OH excluding ortho intramolecular Hbond substituents is 1. The lowest BCUT2D eigenvalue weighted by Gasteiger charge is -2.35. The molecule has 5 nitrogen and oxygen atoms in total. The number of hydrogen-bond donors (Lipinski definition) is 2. The average Bonchev–Trinajstić information content (AvgIpc) is 3.08. The third-order valence-corrected chi connectivity index (χ3v) is 4.88. The minimum atomic E-state index is 0.0643. The van der Waals surface area contributed by atoms with Crippen LogP contribution >= 0.6 is 11.3 Å². The average molecular weight is 331 g/mol. The minimum Gasteiger partial charge on any atom is -0.506 e. The van der Waals surface area contributed by atoms with Crippen LogP contribution in [0.4, 0.5) is 5.69 Å². The van der Waals surface area contributed by atoms with Gasteiger partial charge in [0, 0.05) is 31.1 Å². The summed E-state index contributed by atoms with van der Waals surface area (Å²) in [4.78, 5) is 17.5. The summed E-state index contributed by atoms with van der Waals surface area (Å²) in [5.41, 5.74) is 0.870. The van der Waals surface area contributed by atoms with Crippen LogP contribution in [0.5, 0.6) is 5.75 Å². The first-order chi connectivity index (χ1) is 11.2. The van der Waals surface area contributed by atoms with Gasteiger partial charge in [-0.25, -0.2) is 0 Å². The van der Waals surface area contributed by atoms with E-state index in [2.05, 4.69) is 15.1 Å². The van der Waals surface area contributed by atoms with Crippen molar-refractivity contribution in [2.45, 2.75) is 6.54 Å². The lowest BCUT2D eigenvalue weighted by Crippen LogP contribution is -2.49. The molecule has 6 heteroatoms. The van der Waals surface area contributed by atoms with Crippen molar-refractivity contribution in [2.24, 2.45) is 0 Å². The number of carbonyl (C=O) groups excluding carboxylic acids is 1. The Morgan fingerprint density at radius 3 is 2.61 bits per heavy atom. The second-order valence-electron chi connectivity index (χ2n) is 5.61. The first kappa shape index (κ1) is 15.8. The van der Waals surface area contributed by atoms with E-state index in [9.17, 15) is 9.90 Å². The first-order valence-electron chi connectivity index (χ1n) is 7.77. The van der Waals surface area contributed by atoms with Crippen molar-refractivity contribution in [3.05, 3.63) is 46.7 Å². The van der Waals surface area contributed by atoms with Gasteiger partial charge in [0.2, 0.25) is 5.91 Å². The van der Waals surface area contributed by atoms with E-state index >= 15 is 0 Å². The van der Waals surface area contributed by atoms with Crippen LogP contribution in [-0.2, 0) is 11.3 Å². The van der Waals surface area contributed by atoms with E-state index in [1.54, 1.807) is 17.4 Å². The van der Waals surface area contributed by atoms with Gasteiger partial charge in [-0.2, -0.15) is 0 Å². The van der Waals surface area contributed by atoms with Gasteiger partial charge in [0.05, 0.1) is 18.8 Å². The molecule has 0 radical (unpaired) electrons. The number of para-hydroxylation sites is 2. The quantitative estimate of drug-likeness (QED) is 0.878. The number of carbonyl (C=O) groups is 1. The topological polar surface area (TPSA) is 55.8 Å². The van der Waals surface area contributed by atoms with E-state index in [1.165, 1.54) is 4.88 Å². The summed E-state index contributed by atoms with van der Waals surface area (Å²) < 4.78 is 0. The van der Waals surface area contributed by atoms with Gasteiger partial charge in [0.1, 0.15) is 5.75 Å². The fourth-order valence-electron chi connectivity index (χ4n) is 2.74. The molecule has 0 saturated carbocycles. The Balaban J connectivity index is 1.44. The molecule has 0 unspecified atom stereocenters. The van der Waals surface area contributed by atoms with Crippen molar-refractivity contribution < 1.29 is 9.90 Å². The molecule has 2 N–H and O–H groups in total. The molecule has 122 valence electrons. The van der Waals surface area contributed by atoms with Gasteiger partial charge in [-0.05, 0) is 23.6 Å². The lowest BCUT2D eigenvalue weighted by molar-refractivity contribution is -0.122. The number of phenols is 1. The molecule has 2 aromatic rings. The maximum absolute atomic E-state index is 12.0. The van der Waals surface area contributed by atoms with Crippen molar-refractivity contribution in [1.29, 1.82) is 0 Å². The number of piperazine rings is 1. The summed E-state index contributed by atoms with van der Waals surface area (Å²) in [6.07, 6.45) is 0. The zero-order valence-corrected chi connectivity index (χ0v) is 13.8. The Morgan fingerprint density at radius 2 is 1.91 bits per heavy atom. The van der Waals surface area contributed by atoms with Crippen molar-refractivity contribution >= 4 is 22.9 Å². The third-order valence-electron chi connectivity index (χ3n) is 4.00. The molecule has 1 aromatic heterocycles. The fourth-order valence-corrected chi connectivity index (χ4v) is 3.38. The van der Waals surface area contributed by atoms with E-state index in [0.717, 1.165) is 31.9 Å². The lowest BCUT2D eigenvalue weighted by atomic mass is 10.2. The normalized spacial score (nSPS) is 15.6. The Morgan fingerprint density at radius 1 is 1.13 bits per heavy atom. The van der Waals surface area contributed by atoms with Gasteiger partial charge in [0.15, 0.2) is 0 Å². The first-order valence-corrected chi connectivity index (χ1v) is 8.65. The molecular formula is C17H21N3O2S. The smallest absolute Gasteiger partial charge is 0.234 e. The number of anilines is 1. The molecule has 0 aliphatic carbocycles. The summed E-state index contributed by atoms with van der Waals surface area (Å²) in [7, 11) is 0. The van der Waals surface area contributed by atoms with Gasteiger partial charge in [-0.1, -0.05) is 18.2 Å². The van der Waals surface area contributed by atoms with E-state index in [0.29, 0.717) is 18.8 Å². The number of nitrogens with zero attached hydrogens (tertiary/aromatic N) is 2. The molecule has 1 aliphatic heterocycles. The van der Waals surface area contributed by atoms with Crippen molar-refractivity contribution in [1.82, 2.24) is 10.2 Å². The summed E-state index contributed by atoms with van der Waals surface area (Å²) in [6, 6.07) is 11.4. The molecule has 0 spiro atoms. The Labute approximate surface area is 140 Å². The Bertz CT molecular complexity index is 637. The van der Waals surface area contributed by atoms with Gasteiger partial charge >= 0.3 is 0 Å². The summed E-state index contributed by atoms with van der Waals surface area (Å²) in [6.45, 7) is 4.31. The molecule has 1 fully saturated rings. The van der Waals surface area contributed by atoms with E-state index in [-0.39, 0.29) is 5.91 Å². The highest BCUT2D eigenvalue weighted by Crippen LogP contribution is 2.27. The number of aromatic hydroxyl groups is 1. The maximum Gasteiger partial charge on any atom is 0.234 e. The molecule has 1 aliphatic rings. The highest BCUT2D eigenvalue weighted by atomic mass is 32.1. The molecule has 1 amide bonds. The predicted octanol–water partition coefficient (Wildman–Crippen LogP) is 1.89. The number of nitrogens with one attached hydrogen (secondary N) is 1. The van der Waals surface area contributed by atoms with Crippen LogP contribution in [0.3, 0.4) is 0 Å². The van der Waals surface area contributed by atoms with Crippen LogP contribution in [-0.4, -0.2) is 48.6 Å². The molecule has 3 rings (SSSR count). The number of amides is 1. The minimum absolute atomic E-state index is 0.0643. The van der Waals surface area contributed by atoms with E-state index < -0.39 is 0 Å². The van der Waals surface area contributed by atoms with Crippen LogP contribution in [0.15, 0.2) is 41.8 Å².